The first-order valence-corrected chi connectivity index (χ1v) is 11.3. The van der Waals surface area contributed by atoms with Crippen molar-refractivity contribution in [1.82, 2.24) is 19.6 Å². The van der Waals surface area contributed by atoms with E-state index in [4.69, 9.17) is 40.2 Å². The molecule has 0 unspecified atom stereocenters. The standard InChI is InChI=1S/C23H20Cl2N6O2S/c1-33-22(32)17-6-3-2-5-15(17)12-31-13-16(11-26-31)27-23(34)28-21-9-10-30(29-21)14-18-19(24)7-4-8-20(18)25/h2-11,13H,12,14H2,1H3,(H2,27,28,29,34). The zero-order chi connectivity index (χ0) is 24.1. The zero-order valence-corrected chi connectivity index (χ0v) is 20.4. The molecule has 0 atom stereocenters. The number of esters is 1. The highest BCUT2D eigenvalue weighted by molar-refractivity contribution is 7.80. The van der Waals surface area contributed by atoms with E-state index in [1.54, 1.807) is 64.4 Å². The van der Waals surface area contributed by atoms with Crippen LogP contribution in [0.2, 0.25) is 10.0 Å². The van der Waals surface area contributed by atoms with Crippen molar-refractivity contribution in [2.24, 2.45) is 0 Å². The number of rotatable bonds is 7. The maximum Gasteiger partial charge on any atom is 0.338 e. The van der Waals surface area contributed by atoms with Gasteiger partial charge in [0.25, 0.3) is 0 Å². The summed E-state index contributed by atoms with van der Waals surface area (Å²) >= 11 is 17.9. The summed E-state index contributed by atoms with van der Waals surface area (Å²) in [4.78, 5) is 12.0. The van der Waals surface area contributed by atoms with Crippen LogP contribution >= 0.6 is 35.4 Å². The average Bonchev–Trinajstić information content (AvgIpc) is 3.45. The predicted molar refractivity (Wildman–Crippen MR) is 137 cm³/mol. The van der Waals surface area contributed by atoms with Crippen LogP contribution < -0.4 is 10.6 Å². The number of ether oxygens (including phenoxy) is 1. The van der Waals surface area contributed by atoms with E-state index in [1.165, 1.54) is 7.11 Å². The van der Waals surface area contributed by atoms with Crippen LogP contribution in [0.5, 0.6) is 0 Å². The number of methoxy groups -OCH3 is 1. The smallest absolute Gasteiger partial charge is 0.338 e. The molecular formula is C23H20Cl2N6O2S. The number of aromatic nitrogens is 4. The van der Waals surface area contributed by atoms with Crippen LogP contribution in [0.25, 0.3) is 0 Å². The van der Waals surface area contributed by atoms with Crippen molar-refractivity contribution in [2.45, 2.75) is 13.1 Å². The lowest BCUT2D eigenvalue weighted by molar-refractivity contribution is 0.0599. The van der Waals surface area contributed by atoms with Crippen molar-refractivity contribution in [3.63, 3.8) is 0 Å². The third-order valence-electron chi connectivity index (χ3n) is 4.91. The van der Waals surface area contributed by atoms with Gasteiger partial charge in [-0.2, -0.15) is 10.2 Å². The van der Waals surface area contributed by atoms with Crippen LogP contribution in [-0.4, -0.2) is 37.8 Å². The molecule has 34 heavy (non-hydrogen) atoms. The molecular weight excluding hydrogens is 495 g/mol. The van der Waals surface area contributed by atoms with Gasteiger partial charge in [0.05, 0.1) is 37.6 Å². The molecule has 0 aliphatic heterocycles. The van der Waals surface area contributed by atoms with Crippen LogP contribution in [0.15, 0.2) is 67.1 Å². The number of hydrogen-bond donors (Lipinski definition) is 2. The highest BCUT2D eigenvalue weighted by atomic mass is 35.5. The highest BCUT2D eigenvalue weighted by Gasteiger charge is 2.12. The Morgan fingerprint density at radius 3 is 2.56 bits per heavy atom. The Morgan fingerprint density at radius 1 is 1.03 bits per heavy atom. The van der Waals surface area contributed by atoms with Crippen LogP contribution in [0.4, 0.5) is 11.5 Å². The third-order valence-corrected chi connectivity index (χ3v) is 5.82. The Hall–Kier alpha value is -3.40. The summed E-state index contributed by atoms with van der Waals surface area (Å²) in [5.74, 6) is 0.183. The molecule has 0 aliphatic rings. The van der Waals surface area contributed by atoms with Crippen molar-refractivity contribution in [3.05, 3.63) is 93.9 Å². The molecule has 8 nitrogen and oxygen atoms in total. The van der Waals surface area contributed by atoms with Crippen LogP contribution in [0.1, 0.15) is 21.5 Å². The average molecular weight is 515 g/mol. The fourth-order valence-electron chi connectivity index (χ4n) is 3.30. The molecule has 2 aromatic carbocycles. The molecule has 174 valence electrons. The van der Waals surface area contributed by atoms with Gasteiger partial charge < -0.3 is 15.4 Å². The van der Waals surface area contributed by atoms with Crippen molar-refractivity contribution in [1.29, 1.82) is 0 Å². The summed E-state index contributed by atoms with van der Waals surface area (Å²) in [6, 6.07) is 14.4. The Kier molecular flexibility index (Phi) is 7.46. The lowest BCUT2D eigenvalue weighted by Crippen LogP contribution is -2.19. The van der Waals surface area contributed by atoms with E-state index in [1.807, 2.05) is 12.1 Å². The molecule has 0 aliphatic carbocycles. The van der Waals surface area contributed by atoms with Gasteiger partial charge >= 0.3 is 5.97 Å². The maximum absolute atomic E-state index is 12.0. The molecule has 0 fully saturated rings. The molecule has 2 aromatic heterocycles. The molecule has 4 aromatic rings. The van der Waals surface area contributed by atoms with Gasteiger partial charge in [-0.25, -0.2) is 4.79 Å². The lowest BCUT2D eigenvalue weighted by Gasteiger charge is -2.08. The van der Waals surface area contributed by atoms with E-state index >= 15 is 0 Å². The summed E-state index contributed by atoms with van der Waals surface area (Å²) in [7, 11) is 1.36. The van der Waals surface area contributed by atoms with E-state index < -0.39 is 0 Å². The van der Waals surface area contributed by atoms with E-state index in [-0.39, 0.29) is 5.97 Å². The highest BCUT2D eigenvalue weighted by Crippen LogP contribution is 2.25. The summed E-state index contributed by atoms with van der Waals surface area (Å²) in [5, 5.41) is 16.4. The molecule has 4 rings (SSSR count). The van der Waals surface area contributed by atoms with Crippen LogP contribution in [0.3, 0.4) is 0 Å². The monoisotopic (exact) mass is 514 g/mol. The summed E-state index contributed by atoms with van der Waals surface area (Å²) < 4.78 is 8.27. The van der Waals surface area contributed by atoms with E-state index in [9.17, 15) is 4.79 Å². The van der Waals surface area contributed by atoms with Gasteiger partial charge in [0.1, 0.15) is 0 Å². The first kappa shape index (κ1) is 23.7. The molecule has 0 bridgehead atoms. The van der Waals surface area contributed by atoms with Gasteiger partial charge in [-0.3, -0.25) is 9.36 Å². The number of carbonyl (C=O) groups is 1. The zero-order valence-electron chi connectivity index (χ0n) is 18.0. The molecule has 0 saturated heterocycles. The minimum Gasteiger partial charge on any atom is -0.465 e. The SMILES string of the molecule is COC(=O)c1ccccc1Cn1cc(NC(=S)Nc2ccn(Cc3c(Cl)cccc3Cl)n2)cn1. The van der Waals surface area contributed by atoms with Crippen LogP contribution in [-0.2, 0) is 17.8 Å². The minimum absolute atomic E-state index is 0.357. The molecule has 11 heteroatoms. The van der Waals surface area contributed by atoms with E-state index in [0.29, 0.717) is 45.3 Å². The number of hydrogen-bond acceptors (Lipinski definition) is 5. The number of anilines is 2. The second-order valence-electron chi connectivity index (χ2n) is 7.25. The summed E-state index contributed by atoms with van der Waals surface area (Å²) in [6.45, 7) is 0.836. The predicted octanol–water partition coefficient (Wildman–Crippen LogP) is 5.08. The second-order valence-corrected chi connectivity index (χ2v) is 8.48. The molecule has 0 spiro atoms. The van der Waals surface area contributed by atoms with Crippen LogP contribution in [0, 0.1) is 0 Å². The Balaban J connectivity index is 1.36. The van der Waals surface area contributed by atoms with Crippen molar-refractivity contribution >= 4 is 58.0 Å². The van der Waals surface area contributed by atoms with Gasteiger partial charge in [0.2, 0.25) is 0 Å². The van der Waals surface area contributed by atoms with Gasteiger partial charge in [0, 0.05) is 34.1 Å². The normalized spacial score (nSPS) is 10.7. The first-order valence-electron chi connectivity index (χ1n) is 10.2. The van der Waals surface area contributed by atoms with Gasteiger partial charge in [-0.05, 0) is 36.0 Å². The number of halogens is 2. The summed E-state index contributed by atoms with van der Waals surface area (Å²) in [5.41, 5.74) is 2.78. The Morgan fingerprint density at radius 2 is 1.79 bits per heavy atom. The molecule has 0 amide bonds. The number of benzene rings is 2. The van der Waals surface area contributed by atoms with Crippen molar-refractivity contribution in [2.75, 3.05) is 17.7 Å². The molecule has 0 radical (unpaired) electrons. The number of nitrogens with zero attached hydrogens (tertiary/aromatic N) is 4. The Labute approximate surface area is 211 Å². The first-order chi connectivity index (χ1) is 16.4. The molecule has 2 N–H and O–H groups in total. The van der Waals surface area contributed by atoms with E-state index in [2.05, 4.69) is 20.8 Å². The quantitative estimate of drug-likeness (QED) is 0.262. The largest absolute Gasteiger partial charge is 0.465 e. The minimum atomic E-state index is -0.386. The van der Waals surface area contributed by atoms with Gasteiger partial charge in [-0.1, -0.05) is 47.5 Å². The molecule has 2 heterocycles. The number of thiocarbonyl (C=S) groups is 1. The lowest BCUT2D eigenvalue weighted by atomic mass is 10.1. The fraction of sp³-hybridized carbons (Fsp3) is 0.130. The maximum atomic E-state index is 12.0. The number of nitrogens with one attached hydrogen (secondary N) is 2. The fourth-order valence-corrected chi connectivity index (χ4v) is 4.04. The summed E-state index contributed by atoms with van der Waals surface area (Å²) in [6.07, 6.45) is 5.24. The van der Waals surface area contributed by atoms with Crippen molar-refractivity contribution < 1.29 is 9.53 Å². The second kappa shape index (κ2) is 10.7. The van der Waals surface area contributed by atoms with Gasteiger partial charge in [-0.15, -0.1) is 0 Å². The topological polar surface area (TPSA) is 86.0 Å². The van der Waals surface area contributed by atoms with Crippen molar-refractivity contribution in [3.8, 4) is 0 Å². The Bertz CT molecular complexity index is 1320. The number of carbonyl (C=O) groups excluding carboxylic acids is 1. The molecule has 0 saturated carbocycles. The van der Waals surface area contributed by atoms with Gasteiger partial charge in [0.15, 0.2) is 10.9 Å². The van der Waals surface area contributed by atoms with E-state index in [0.717, 1.165) is 11.1 Å². The third kappa shape index (κ3) is 5.74.